The second-order valence-corrected chi connectivity index (χ2v) is 18.6. The number of anilines is 3. The first-order chi connectivity index (χ1) is 29.9. The Morgan fingerprint density at radius 3 is 1.45 bits per heavy atom. The van der Waals surface area contributed by atoms with Crippen LogP contribution in [0.5, 0.6) is 0 Å². The van der Waals surface area contributed by atoms with Gasteiger partial charge in [0.2, 0.25) is 0 Å². The van der Waals surface area contributed by atoms with Crippen LogP contribution in [0.3, 0.4) is 0 Å². The summed E-state index contributed by atoms with van der Waals surface area (Å²) in [7, 11) is 0. The van der Waals surface area contributed by atoms with E-state index in [-0.39, 0.29) is 10.8 Å². The molecule has 3 aromatic heterocycles. The maximum atomic E-state index is 9.71. The monoisotopic (exact) mass is 802 g/mol. The molecule has 0 aliphatic carbocycles. The fourth-order valence-electron chi connectivity index (χ4n) is 9.36. The normalized spacial score (nSPS) is 12.3. The summed E-state index contributed by atoms with van der Waals surface area (Å²) in [5.41, 5.74) is 15.0. The Kier molecular flexibility index (Phi) is 8.30. The van der Waals surface area contributed by atoms with E-state index in [2.05, 4.69) is 207 Å². The van der Waals surface area contributed by atoms with E-state index in [9.17, 15) is 5.26 Å². The minimum absolute atomic E-state index is 0.0326. The van der Waals surface area contributed by atoms with E-state index in [4.69, 9.17) is 4.42 Å². The van der Waals surface area contributed by atoms with E-state index in [1.807, 2.05) is 24.3 Å². The Morgan fingerprint density at radius 1 is 0.419 bits per heavy atom. The molecular formula is C57H46N4O. The van der Waals surface area contributed by atoms with E-state index in [1.54, 1.807) is 0 Å². The minimum Gasteiger partial charge on any atom is -0.456 e. The number of nitriles is 1. The molecule has 0 saturated heterocycles. The van der Waals surface area contributed by atoms with Gasteiger partial charge in [0, 0.05) is 60.8 Å². The molecule has 0 atom stereocenters. The highest BCUT2D eigenvalue weighted by Crippen LogP contribution is 2.42. The van der Waals surface area contributed by atoms with Crippen LogP contribution in [-0.4, -0.2) is 9.13 Å². The smallest absolute Gasteiger partial charge is 0.135 e. The number of hydrogen-bond donors (Lipinski definition) is 0. The highest BCUT2D eigenvalue weighted by atomic mass is 16.3. The molecule has 8 aromatic carbocycles. The Labute approximate surface area is 361 Å². The lowest BCUT2D eigenvalue weighted by Crippen LogP contribution is -2.10. The van der Waals surface area contributed by atoms with Gasteiger partial charge in [-0.05, 0) is 143 Å². The lowest BCUT2D eigenvalue weighted by molar-refractivity contribution is 0.590. The van der Waals surface area contributed by atoms with E-state index in [1.165, 1.54) is 32.9 Å². The zero-order valence-corrected chi connectivity index (χ0v) is 35.9. The van der Waals surface area contributed by atoms with Gasteiger partial charge in [0.25, 0.3) is 0 Å². The molecule has 0 unspecified atom stereocenters. The highest BCUT2D eigenvalue weighted by molar-refractivity contribution is 6.11. The maximum Gasteiger partial charge on any atom is 0.135 e. The number of rotatable bonds is 5. The number of benzene rings is 8. The average Bonchev–Trinajstić information content (AvgIpc) is 3.93. The third-order valence-corrected chi connectivity index (χ3v) is 12.6. The average molecular weight is 803 g/mol. The lowest BCUT2D eigenvalue weighted by Gasteiger charge is -2.26. The first-order valence-electron chi connectivity index (χ1n) is 21.4. The van der Waals surface area contributed by atoms with Gasteiger partial charge in [0.15, 0.2) is 0 Å². The number of hydrogen-bond acceptors (Lipinski definition) is 3. The summed E-state index contributed by atoms with van der Waals surface area (Å²) in [6.07, 6.45) is 0. The van der Waals surface area contributed by atoms with Crippen molar-refractivity contribution in [3.8, 4) is 17.4 Å². The molecule has 3 heterocycles. The largest absolute Gasteiger partial charge is 0.456 e. The van der Waals surface area contributed by atoms with Crippen molar-refractivity contribution in [2.24, 2.45) is 0 Å². The van der Waals surface area contributed by atoms with Crippen LogP contribution >= 0.6 is 0 Å². The lowest BCUT2D eigenvalue weighted by atomic mass is 9.85. The third kappa shape index (κ3) is 5.97. The summed E-state index contributed by atoms with van der Waals surface area (Å²) in [5.74, 6) is 0. The molecule has 11 aromatic rings. The molecule has 0 fully saturated rings. The number of nitrogens with zero attached hydrogens (tertiary/aromatic N) is 4. The highest BCUT2D eigenvalue weighted by Gasteiger charge is 2.22. The summed E-state index contributed by atoms with van der Waals surface area (Å²) in [4.78, 5) is 2.33. The van der Waals surface area contributed by atoms with E-state index in [0.29, 0.717) is 5.56 Å². The van der Waals surface area contributed by atoms with Crippen LogP contribution in [0, 0.1) is 11.3 Å². The van der Waals surface area contributed by atoms with Crippen LogP contribution in [0.25, 0.3) is 76.9 Å². The van der Waals surface area contributed by atoms with Crippen molar-refractivity contribution in [1.82, 2.24) is 9.13 Å². The molecular weight excluding hydrogens is 757 g/mol. The van der Waals surface area contributed by atoms with Gasteiger partial charge in [-0.15, -0.1) is 0 Å². The second-order valence-electron chi connectivity index (χ2n) is 18.6. The number of para-hydroxylation sites is 2. The zero-order valence-electron chi connectivity index (χ0n) is 35.9. The van der Waals surface area contributed by atoms with Crippen molar-refractivity contribution in [3.05, 3.63) is 187 Å². The molecule has 0 N–H and O–H groups in total. The number of furan rings is 1. The van der Waals surface area contributed by atoms with Gasteiger partial charge in [-0.1, -0.05) is 90.1 Å². The predicted octanol–water partition coefficient (Wildman–Crippen LogP) is 15.7. The first kappa shape index (κ1) is 37.4. The molecule has 62 heavy (non-hydrogen) atoms. The van der Waals surface area contributed by atoms with Crippen LogP contribution < -0.4 is 4.90 Å². The van der Waals surface area contributed by atoms with Crippen LogP contribution in [0.4, 0.5) is 17.1 Å². The molecule has 0 saturated carbocycles. The van der Waals surface area contributed by atoms with Gasteiger partial charge >= 0.3 is 0 Å². The molecule has 300 valence electrons. The third-order valence-electron chi connectivity index (χ3n) is 12.6. The van der Waals surface area contributed by atoms with Crippen LogP contribution in [0.2, 0.25) is 0 Å². The molecule has 5 nitrogen and oxygen atoms in total. The predicted molar refractivity (Wildman–Crippen MR) is 259 cm³/mol. The van der Waals surface area contributed by atoms with E-state index in [0.717, 1.165) is 72.2 Å². The van der Waals surface area contributed by atoms with Gasteiger partial charge in [-0.3, -0.25) is 0 Å². The molecule has 0 spiro atoms. The van der Waals surface area contributed by atoms with Gasteiger partial charge in [-0.25, -0.2) is 0 Å². The van der Waals surface area contributed by atoms with Crippen molar-refractivity contribution >= 4 is 82.6 Å². The van der Waals surface area contributed by atoms with Gasteiger partial charge in [0.1, 0.15) is 11.2 Å². The van der Waals surface area contributed by atoms with Crippen LogP contribution in [0.15, 0.2) is 174 Å². The maximum absolute atomic E-state index is 9.71. The van der Waals surface area contributed by atoms with Crippen LogP contribution in [0.1, 0.15) is 58.2 Å². The fraction of sp³-hybridized carbons (Fsp3) is 0.140. The Hall–Kier alpha value is -7.55. The molecule has 0 aliphatic heterocycles. The summed E-state index contributed by atoms with van der Waals surface area (Å²) in [6, 6.07) is 63.2. The molecule has 0 bridgehead atoms. The second kappa shape index (κ2) is 13.7. The van der Waals surface area contributed by atoms with Crippen molar-refractivity contribution in [2.75, 3.05) is 4.90 Å². The van der Waals surface area contributed by atoms with Crippen molar-refractivity contribution in [1.29, 1.82) is 5.26 Å². The summed E-state index contributed by atoms with van der Waals surface area (Å²) in [5, 5.41) is 16.6. The van der Waals surface area contributed by atoms with E-state index < -0.39 is 0 Å². The van der Waals surface area contributed by atoms with Crippen molar-refractivity contribution < 1.29 is 4.42 Å². The zero-order chi connectivity index (χ0) is 42.5. The molecule has 0 radical (unpaired) electrons. The van der Waals surface area contributed by atoms with Gasteiger partial charge < -0.3 is 18.5 Å². The molecule has 5 heteroatoms. The molecule has 0 amide bonds. The summed E-state index contributed by atoms with van der Waals surface area (Å²) in [6.45, 7) is 13.7. The van der Waals surface area contributed by atoms with E-state index >= 15 is 0 Å². The standard InChI is InChI=1S/C57H46N4O/c1-56(2,3)37-16-28-52-47(32-37)48-33-38(57(4,5)6)17-29-53(48)61(52)42-24-20-40(21-25-42)59(43-26-30-55-49(34-43)45-12-8-10-14-54(45)62-55)39-18-22-41(23-19-39)60-50-13-9-7-11-44(50)46-31-36(35-58)15-27-51(46)60/h7-34H,1-6H3. The number of fused-ring (bicyclic) bond motifs is 9. The Bertz CT molecular complexity index is 3530. The van der Waals surface area contributed by atoms with Gasteiger partial charge in [0.05, 0.1) is 33.7 Å². The molecule has 0 aliphatic rings. The van der Waals surface area contributed by atoms with Crippen molar-refractivity contribution in [3.63, 3.8) is 0 Å². The fourth-order valence-corrected chi connectivity index (χ4v) is 9.36. The van der Waals surface area contributed by atoms with Gasteiger partial charge in [-0.2, -0.15) is 5.26 Å². The Morgan fingerprint density at radius 2 is 0.887 bits per heavy atom. The molecule has 11 rings (SSSR count). The van der Waals surface area contributed by atoms with Crippen LogP contribution in [-0.2, 0) is 10.8 Å². The minimum atomic E-state index is 0.0326. The first-order valence-corrected chi connectivity index (χ1v) is 21.4. The SMILES string of the molecule is CC(C)(C)c1ccc2c(c1)c1cc(C(C)(C)C)ccc1n2-c1ccc(N(c2ccc(-n3c4ccccc4c4cc(C#N)ccc43)cc2)c2ccc3oc4ccccc4c3c2)cc1. The quantitative estimate of drug-likeness (QED) is 0.174. The van der Waals surface area contributed by atoms with Crippen molar-refractivity contribution in [2.45, 2.75) is 52.4 Å². The number of aromatic nitrogens is 2. The summed E-state index contributed by atoms with van der Waals surface area (Å²) < 4.78 is 11.0. The topological polar surface area (TPSA) is 50.0 Å². The summed E-state index contributed by atoms with van der Waals surface area (Å²) >= 11 is 0. The Balaban J connectivity index is 1.06.